The Morgan fingerprint density at radius 1 is 1.68 bits per heavy atom. The van der Waals surface area contributed by atoms with Crippen LogP contribution in [0.4, 0.5) is 5.69 Å². The van der Waals surface area contributed by atoms with Crippen LogP contribution in [0.5, 0.6) is 0 Å². The largest absolute Gasteiger partial charge is 0.395 e. The summed E-state index contributed by atoms with van der Waals surface area (Å²) in [5.74, 6) is 0.163. The number of hydrogen-bond donors (Lipinski definition) is 2. The van der Waals surface area contributed by atoms with Crippen LogP contribution in [0, 0.1) is 16.0 Å². The molecule has 1 aromatic heterocycles. The maximum absolute atomic E-state index is 12.0. The molecule has 1 aliphatic heterocycles. The summed E-state index contributed by atoms with van der Waals surface area (Å²) in [7, 11) is 0. The molecule has 0 amide bonds. The van der Waals surface area contributed by atoms with E-state index in [1.54, 1.807) is 0 Å². The van der Waals surface area contributed by atoms with Crippen LogP contribution in [0.1, 0.15) is 23.8 Å². The number of likely N-dealkylation sites (tertiary alicyclic amines) is 1. The van der Waals surface area contributed by atoms with E-state index in [-0.39, 0.29) is 36.4 Å². The summed E-state index contributed by atoms with van der Waals surface area (Å²) < 4.78 is 0. The number of aliphatic hydroxyl groups is 1. The summed E-state index contributed by atoms with van der Waals surface area (Å²) in [5, 5.41) is 19.9. The lowest BCUT2D eigenvalue weighted by molar-refractivity contribution is -0.384. The summed E-state index contributed by atoms with van der Waals surface area (Å²) in [5.41, 5.74) is 0.125. The lowest BCUT2D eigenvalue weighted by Crippen LogP contribution is -2.38. The zero-order valence-electron chi connectivity index (χ0n) is 10.7. The molecule has 1 fully saturated rings. The zero-order chi connectivity index (χ0) is 14.0. The number of carbonyl (C=O) groups excluding carboxylic acids is 1. The van der Waals surface area contributed by atoms with Gasteiger partial charge in [0.2, 0.25) is 0 Å². The van der Waals surface area contributed by atoms with Crippen LogP contribution < -0.4 is 0 Å². The first-order chi connectivity index (χ1) is 9.02. The third-order valence-corrected chi connectivity index (χ3v) is 3.71. The second-order valence-electron chi connectivity index (χ2n) is 4.94. The van der Waals surface area contributed by atoms with Crippen molar-refractivity contribution in [3.05, 3.63) is 28.1 Å². The highest BCUT2D eigenvalue weighted by molar-refractivity contribution is 5.96. The second-order valence-corrected chi connectivity index (χ2v) is 4.94. The van der Waals surface area contributed by atoms with E-state index in [1.807, 2.05) is 11.8 Å². The quantitative estimate of drug-likeness (QED) is 0.467. The topological polar surface area (TPSA) is 99.5 Å². The van der Waals surface area contributed by atoms with Gasteiger partial charge in [-0.1, -0.05) is 6.92 Å². The third-order valence-electron chi connectivity index (χ3n) is 3.71. The number of rotatable bonds is 5. The molecule has 19 heavy (non-hydrogen) atoms. The fourth-order valence-electron chi connectivity index (χ4n) is 2.50. The van der Waals surface area contributed by atoms with Gasteiger partial charge in [0.1, 0.15) is 0 Å². The molecule has 0 bridgehead atoms. The van der Waals surface area contributed by atoms with Crippen molar-refractivity contribution in [2.45, 2.75) is 19.4 Å². The molecule has 2 rings (SSSR count). The number of aliphatic hydroxyl groups excluding tert-OH is 1. The van der Waals surface area contributed by atoms with E-state index in [4.69, 9.17) is 0 Å². The van der Waals surface area contributed by atoms with Gasteiger partial charge in [-0.15, -0.1) is 0 Å². The minimum absolute atomic E-state index is 0.00565. The van der Waals surface area contributed by atoms with Crippen molar-refractivity contribution in [3.63, 3.8) is 0 Å². The first-order valence-corrected chi connectivity index (χ1v) is 6.24. The number of nitro groups is 1. The Hall–Kier alpha value is -1.73. The standard InChI is InChI=1S/C12H17N3O4/c1-8-2-3-14(11(8)7-16)6-12(17)10-4-9(5-13-10)15(18)19/h4-5,8,11,13,16H,2-3,6-7H2,1H3. The minimum atomic E-state index is -0.540. The van der Waals surface area contributed by atoms with E-state index < -0.39 is 4.92 Å². The van der Waals surface area contributed by atoms with Gasteiger partial charge >= 0.3 is 0 Å². The molecule has 1 aromatic rings. The molecule has 2 N–H and O–H groups in total. The molecule has 7 nitrogen and oxygen atoms in total. The van der Waals surface area contributed by atoms with E-state index in [0.29, 0.717) is 5.92 Å². The van der Waals surface area contributed by atoms with Crippen molar-refractivity contribution in [1.82, 2.24) is 9.88 Å². The van der Waals surface area contributed by atoms with Crippen LogP contribution in [-0.4, -0.2) is 51.4 Å². The smallest absolute Gasteiger partial charge is 0.287 e. The van der Waals surface area contributed by atoms with Crippen molar-refractivity contribution < 1.29 is 14.8 Å². The average molecular weight is 267 g/mol. The van der Waals surface area contributed by atoms with E-state index in [1.165, 1.54) is 12.3 Å². The molecular formula is C12H17N3O4. The molecule has 104 valence electrons. The molecule has 1 saturated heterocycles. The summed E-state index contributed by atoms with van der Waals surface area (Å²) in [6, 6.07) is 1.24. The van der Waals surface area contributed by atoms with Gasteiger partial charge in [0.15, 0.2) is 5.78 Å². The first-order valence-electron chi connectivity index (χ1n) is 6.24. The average Bonchev–Trinajstić information content (AvgIpc) is 2.96. The summed E-state index contributed by atoms with van der Waals surface area (Å²) in [6.45, 7) is 3.01. The van der Waals surface area contributed by atoms with Crippen molar-refractivity contribution in [2.24, 2.45) is 5.92 Å². The third kappa shape index (κ3) is 2.82. The van der Waals surface area contributed by atoms with Crippen LogP contribution in [0.25, 0.3) is 0 Å². The van der Waals surface area contributed by atoms with Gasteiger partial charge in [0.05, 0.1) is 30.0 Å². The van der Waals surface area contributed by atoms with Crippen LogP contribution in [0.15, 0.2) is 12.3 Å². The molecule has 0 aliphatic carbocycles. The SMILES string of the molecule is CC1CCN(CC(=O)c2cc([N+](=O)[O-])c[nH]2)C1CO. The van der Waals surface area contributed by atoms with E-state index >= 15 is 0 Å². The lowest BCUT2D eigenvalue weighted by Gasteiger charge is -2.23. The maximum Gasteiger partial charge on any atom is 0.287 e. The van der Waals surface area contributed by atoms with Gasteiger partial charge in [-0.05, 0) is 18.9 Å². The van der Waals surface area contributed by atoms with Gasteiger partial charge in [-0.3, -0.25) is 19.8 Å². The Kier molecular flexibility index (Phi) is 3.96. The fourth-order valence-corrected chi connectivity index (χ4v) is 2.50. The molecule has 0 saturated carbocycles. The van der Waals surface area contributed by atoms with E-state index in [2.05, 4.69) is 4.98 Å². The number of hydrogen-bond acceptors (Lipinski definition) is 5. The second kappa shape index (κ2) is 5.50. The number of H-pyrrole nitrogens is 1. The van der Waals surface area contributed by atoms with Gasteiger partial charge < -0.3 is 10.1 Å². The van der Waals surface area contributed by atoms with Crippen molar-refractivity contribution >= 4 is 11.5 Å². The molecular weight excluding hydrogens is 250 g/mol. The molecule has 7 heteroatoms. The molecule has 2 atom stereocenters. The van der Waals surface area contributed by atoms with E-state index in [9.17, 15) is 20.0 Å². The Balaban J connectivity index is 2.02. The number of aromatic nitrogens is 1. The molecule has 0 spiro atoms. The number of nitrogens with zero attached hydrogens (tertiary/aromatic N) is 2. The number of Topliss-reactive ketones (excluding diaryl/α,β-unsaturated/α-hetero) is 1. The molecule has 0 aromatic carbocycles. The zero-order valence-corrected chi connectivity index (χ0v) is 10.7. The Morgan fingerprint density at radius 2 is 2.42 bits per heavy atom. The highest BCUT2D eigenvalue weighted by atomic mass is 16.6. The Labute approximate surface area is 110 Å². The predicted molar refractivity (Wildman–Crippen MR) is 68.0 cm³/mol. The van der Waals surface area contributed by atoms with Crippen LogP contribution in [-0.2, 0) is 0 Å². The number of carbonyl (C=O) groups is 1. The van der Waals surface area contributed by atoms with Crippen molar-refractivity contribution in [1.29, 1.82) is 0 Å². The molecule has 2 heterocycles. The summed E-state index contributed by atoms with van der Waals surface area (Å²) >= 11 is 0. The van der Waals surface area contributed by atoms with Crippen molar-refractivity contribution in [2.75, 3.05) is 19.7 Å². The van der Waals surface area contributed by atoms with Crippen molar-refractivity contribution in [3.8, 4) is 0 Å². The van der Waals surface area contributed by atoms with Gasteiger partial charge in [-0.2, -0.15) is 0 Å². The number of aromatic amines is 1. The van der Waals surface area contributed by atoms with Crippen LogP contribution in [0.2, 0.25) is 0 Å². The van der Waals surface area contributed by atoms with Gasteiger partial charge in [0.25, 0.3) is 5.69 Å². The highest BCUT2D eigenvalue weighted by Crippen LogP contribution is 2.23. The number of nitrogens with one attached hydrogen (secondary N) is 1. The molecule has 1 aliphatic rings. The molecule has 0 radical (unpaired) electrons. The summed E-state index contributed by atoms with van der Waals surface area (Å²) in [6.07, 6.45) is 2.16. The monoisotopic (exact) mass is 267 g/mol. The fraction of sp³-hybridized carbons (Fsp3) is 0.583. The van der Waals surface area contributed by atoms with E-state index in [0.717, 1.165) is 13.0 Å². The predicted octanol–water partition coefficient (Wildman–Crippen LogP) is 0.808. The Bertz CT molecular complexity index is 485. The van der Waals surface area contributed by atoms with Gasteiger partial charge in [0, 0.05) is 12.1 Å². The molecule has 2 unspecified atom stereocenters. The maximum atomic E-state index is 12.0. The normalized spacial score (nSPS) is 23.7. The van der Waals surface area contributed by atoms with Gasteiger partial charge in [-0.25, -0.2) is 0 Å². The van der Waals surface area contributed by atoms with Crippen LogP contribution >= 0.6 is 0 Å². The van der Waals surface area contributed by atoms with Crippen LogP contribution in [0.3, 0.4) is 0 Å². The summed E-state index contributed by atoms with van der Waals surface area (Å²) in [4.78, 5) is 26.6. The minimum Gasteiger partial charge on any atom is -0.395 e. The Morgan fingerprint density at radius 3 is 3.00 bits per heavy atom. The highest BCUT2D eigenvalue weighted by Gasteiger charge is 2.32. The first kappa shape index (κ1) is 13.7. The lowest BCUT2D eigenvalue weighted by atomic mass is 10.0. The number of ketones is 1.